The summed E-state index contributed by atoms with van der Waals surface area (Å²) in [6, 6.07) is 15.8. The molecule has 16 nitrogen and oxygen atoms in total. The number of carbonyl (C=O) groups is 5. The van der Waals surface area contributed by atoms with Crippen molar-refractivity contribution in [1.29, 1.82) is 0 Å². The molecule has 1 unspecified atom stereocenters. The highest BCUT2D eigenvalue weighted by Gasteiger charge is 2.54. The predicted molar refractivity (Wildman–Crippen MR) is 277 cm³/mol. The summed E-state index contributed by atoms with van der Waals surface area (Å²) in [6.45, 7) is 16.1. The Labute approximate surface area is 429 Å². The number of esters is 1. The van der Waals surface area contributed by atoms with Gasteiger partial charge in [0, 0.05) is 80.9 Å². The van der Waals surface area contributed by atoms with Crippen molar-refractivity contribution in [2.45, 2.75) is 117 Å². The number of aromatic nitrogens is 2. The lowest BCUT2D eigenvalue weighted by atomic mass is 9.84. The molecule has 16 heteroatoms. The zero-order valence-electron chi connectivity index (χ0n) is 43.8. The normalized spacial score (nSPS) is 24.6. The number of aryl methyl sites for hydroxylation is 1. The third kappa shape index (κ3) is 10.5. The van der Waals surface area contributed by atoms with Crippen molar-refractivity contribution >= 4 is 40.5 Å². The predicted octanol–water partition coefficient (Wildman–Crippen LogP) is 5.56. The van der Waals surface area contributed by atoms with E-state index in [2.05, 4.69) is 89.2 Å². The summed E-state index contributed by atoms with van der Waals surface area (Å²) < 4.78 is 19.9. The van der Waals surface area contributed by atoms with Gasteiger partial charge in [-0.2, -0.15) is 0 Å². The molecule has 73 heavy (non-hydrogen) atoms. The van der Waals surface area contributed by atoms with Gasteiger partial charge in [-0.05, 0) is 111 Å². The van der Waals surface area contributed by atoms with E-state index in [1.54, 1.807) is 23.1 Å². The molecule has 4 saturated heterocycles. The standard InChI is InChI=1S/C57H72N8O8/c1-9-63-47-19-17-40-31-43(47)44(51(63)42-15-11-23-58-49(42)37(4)71-8)32-56(5,6)35-73-54(69)45-16-12-24-65(60-45)53(68)46(30-38-13-10-14-39(40)29-38)59-52(67)50(36(2)3)64-26-22-57(55(64)70)21-25-62(34-57)48(66)20-18-41-33-72-28-27-61(41)7/h10-11,13-15,17,19,23,29,31,36-37,41,45-46,50,60H,9,12,16,21-22,24-28,30,32-35H2,1-8H3,(H,59,67)/t37-,41-,45-,46-,50?,57+/m0/s1. The number of hydrogen-bond acceptors (Lipinski definition) is 11. The minimum atomic E-state index is -1.05. The minimum absolute atomic E-state index is 0.134. The second kappa shape index (κ2) is 21.4. The first-order valence-corrected chi connectivity index (χ1v) is 26.2. The lowest BCUT2D eigenvalue weighted by molar-refractivity contribution is -0.155. The van der Waals surface area contributed by atoms with Crippen LogP contribution in [0.3, 0.4) is 0 Å². The van der Waals surface area contributed by atoms with Crippen molar-refractivity contribution in [2.75, 3.05) is 66.7 Å². The molecule has 2 N–H and O–H groups in total. The van der Waals surface area contributed by atoms with E-state index in [4.69, 9.17) is 19.2 Å². The number of amides is 4. The molecule has 2 aromatic carbocycles. The number of fused-ring (bicyclic) bond motifs is 6. The van der Waals surface area contributed by atoms with Crippen LogP contribution in [0.2, 0.25) is 0 Å². The first-order chi connectivity index (χ1) is 35.0. The third-order valence-electron chi connectivity index (χ3n) is 15.8. The Balaban J connectivity index is 1.03. The van der Waals surface area contributed by atoms with Gasteiger partial charge >= 0.3 is 5.97 Å². The molecule has 0 aliphatic carbocycles. The number of nitrogens with zero attached hydrogens (tertiary/aromatic N) is 6. The zero-order valence-corrected chi connectivity index (χ0v) is 43.8. The second-order valence-corrected chi connectivity index (χ2v) is 21.9. The molecule has 6 atom stereocenters. The summed E-state index contributed by atoms with van der Waals surface area (Å²) in [5.41, 5.74) is 9.68. The Kier molecular flexibility index (Phi) is 15.2. The topological polar surface area (TPSA) is 168 Å². The molecule has 5 aliphatic heterocycles. The lowest BCUT2D eigenvalue weighted by Gasteiger charge is -2.37. The van der Waals surface area contributed by atoms with Crippen LogP contribution in [0, 0.1) is 28.6 Å². The van der Waals surface area contributed by atoms with Gasteiger partial charge in [0.05, 0.1) is 48.8 Å². The first-order valence-electron chi connectivity index (χ1n) is 26.2. The van der Waals surface area contributed by atoms with Gasteiger partial charge in [0.1, 0.15) is 18.1 Å². The van der Waals surface area contributed by atoms with Crippen molar-refractivity contribution in [2.24, 2.45) is 16.7 Å². The molecule has 4 amide bonds. The molecule has 4 fully saturated rings. The maximum atomic E-state index is 14.9. The van der Waals surface area contributed by atoms with Crippen LogP contribution in [0.4, 0.5) is 0 Å². The smallest absolute Gasteiger partial charge is 0.324 e. The number of methoxy groups -OCH3 is 1. The number of likely N-dealkylation sites (tertiary alicyclic amines) is 2. The van der Waals surface area contributed by atoms with Crippen LogP contribution < -0.4 is 10.7 Å². The fourth-order valence-electron chi connectivity index (χ4n) is 11.6. The van der Waals surface area contributed by atoms with Crippen LogP contribution in [0.5, 0.6) is 0 Å². The van der Waals surface area contributed by atoms with Gasteiger partial charge in [0.15, 0.2) is 0 Å². The number of hydrazine groups is 1. The number of ether oxygens (including phenoxy) is 3. The molecule has 9 rings (SSSR count). The van der Waals surface area contributed by atoms with Crippen LogP contribution in [0.15, 0.2) is 60.8 Å². The molecule has 388 valence electrons. The van der Waals surface area contributed by atoms with Gasteiger partial charge in [0.2, 0.25) is 11.8 Å². The van der Waals surface area contributed by atoms with Gasteiger partial charge in [-0.3, -0.25) is 38.9 Å². The Morgan fingerprint density at radius 2 is 1.79 bits per heavy atom. The van der Waals surface area contributed by atoms with Crippen molar-refractivity contribution in [3.05, 3.63) is 77.6 Å². The number of morpholine rings is 1. The second-order valence-electron chi connectivity index (χ2n) is 21.9. The number of carbonyl (C=O) groups excluding carboxylic acids is 5. The van der Waals surface area contributed by atoms with Gasteiger partial charge in [-0.15, -0.1) is 0 Å². The fourth-order valence-corrected chi connectivity index (χ4v) is 11.6. The summed E-state index contributed by atoms with van der Waals surface area (Å²) in [4.78, 5) is 82.0. The molecule has 7 heterocycles. The van der Waals surface area contributed by atoms with E-state index in [9.17, 15) is 24.0 Å². The number of pyridine rings is 1. The van der Waals surface area contributed by atoms with E-state index >= 15 is 0 Å². The molecule has 4 aromatic rings. The summed E-state index contributed by atoms with van der Waals surface area (Å²) in [5, 5.41) is 5.66. The highest BCUT2D eigenvalue weighted by Crippen LogP contribution is 2.44. The van der Waals surface area contributed by atoms with E-state index in [-0.39, 0.29) is 49.5 Å². The Hall–Kier alpha value is -6.12. The van der Waals surface area contributed by atoms with E-state index in [1.807, 2.05) is 46.0 Å². The average molecular weight is 997 g/mol. The Morgan fingerprint density at radius 1 is 1.00 bits per heavy atom. The number of benzene rings is 2. The van der Waals surface area contributed by atoms with E-state index in [1.165, 1.54) is 5.01 Å². The Bertz CT molecular complexity index is 2830. The molecular formula is C57H72N8O8. The number of rotatable bonds is 8. The summed E-state index contributed by atoms with van der Waals surface area (Å²) >= 11 is 0. The average Bonchev–Trinajstić information content (AvgIpc) is 4.06. The summed E-state index contributed by atoms with van der Waals surface area (Å²) in [6.07, 6.45) is 4.26. The number of hydrogen-bond donors (Lipinski definition) is 2. The third-order valence-corrected chi connectivity index (χ3v) is 15.8. The monoisotopic (exact) mass is 997 g/mol. The fraction of sp³-hybridized carbons (Fsp3) is 0.544. The van der Waals surface area contributed by atoms with Gasteiger partial charge in [-0.1, -0.05) is 63.9 Å². The lowest BCUT2D eigenvalue weighted by Crippen LogP contribution is -2.62. The maximum absolute atomic E-state index is 14.9. The molecular weight excluding hydrogens is 925 g/mol. The highest BCUT2D eigenvalue weighted by atomic mass is 16.5. The van der Waals surface area contributed by atoms with Crippen LogP contribution in [0.25, 0.3) is 33.3 Å². The van der Waals surface area contributed by atoms with Gasteiger partial charge in [-0.25, -0.2) is 5.43 Å². The van der Waals surface area contributed by atoms with Crippen LogP contribution in [-0.4, -0.2) is 150 Å². The van der Waals surface area contributed by atoms with E-state index in [0.717, 1.165) is 56.7 Å². The van der Waals surface area contributed by atoms with E-state index < -0.39 is 46.7 Å². The molecule has 5 aliphatic rings. The van der Waals surface area contributed by atoms with Gasteiger partial charge in [0.25, 0.3) is 11.8 Å². The molecule has 1 spiro atoms. The summed E-state index contributed by atoms with van der Waals surface area (Å²) in [7, 11) is 3.65. The maximum Gasteiger partial charge on any atom is 0.324 e. The largest absolute Gasteiger partial charge is 0.464 e. The number of nitrogens with one attached hydrogen (secondary N) is 2. The summed E-state index contributed by atoms with van der Waals surface area (Å²) in [5.74, 6) is 3.81. The zero-order chi connectivity index (χ0) is 51.8. The minimum Gasteiger partial charge on any atom is -0.464 e. The van der Waals surface area contributed by atoms with Crippen molar-refractivity contribution in [3.8, 4) is 34.2 Å². The van der Waals surface area contributed by atoms with Crippen LogP contribution >= 0.6 is 0 Å². The Morgan fingerprint density at radius 3 is 2.56 bits per heavy atom. The number of cyclic esters (lactones) is 1. The van der Waals surface area contributed by atoms with Crippen molar-refractivity contribution in [1.82, 2.24) is 40.0 Å². The highest BCUT2D eigenvalue weighted by molar-refractivity contribution is 5.98. The SMILES string of the molecule is CCn1c(-c2cccnc2[C@H](C)OC)c2c3cc(ccc31)-c1cccc(c1)C[C@H](NC(=O)C(C(C)C)N1CC[C@@]3(CCN(C(=O)C#C[C@H]4COCCN4C)C3)C1=O)C(=O)N1CCC[C@H](N1)C(=O)OCC(C)(C)C2. The van der Waals surface area contributed by atoms with Crippen molar-refractivity contribution < 1.29 is 38.2 Å². The molecule has 2 aromatic heterocycles. The van der Waals surface area contributed by atoms with Crippen LogP contribution in [0.1, 0.15) is 90.2 Å². The van der Waals surface area contributed by atoms with Crippen molar-refractivity contribution in [3.63, 3.8) is 0 Å². The number of likely N-dealkylation sites (N-methyl/N-ethyl adjacent to an activating group) is 1. The first kappa shape index (κ1) is 51.8. The van der Waals surface area contributed by atoms with Crippen LogP contribution in [-0.2, 0) is 57.6 Å². The van der Waals surface area contributed by atoms with E-state index in [0.29, 0.717) is 71.5 Å². The molecule has 0 radical (unpaired) electrons. The molecule has 0 saturated carbocycles. The van der Waals surface area contributed by atoms with Gasteiger partial charge < -0.3 is 33.9 Å². The quantitative estimate of drug-likeness (QED) is 0.168. The molecule has 6 bridgehead atoms.